The Balaban J connectivity index is 1.34. The highest BCUT2D eigenvalue weighted by atomic mass is 16.5. The van der Waals surface area contributed by atoms with Crippen LogP contribution in [0.5, 0.6) is 0 Å². The Morgan fingerprint density at radius 2 is 1.28 bits per heavy atom. The minimum atomic E-state index is 0.650. The summed E-state index contributed by atoms with van der Waals surface area (Å²) in [5.74, 6) is 0. The van der Waals surface area contributed by atoms with Gasteiger partial charge >= 0.3 is 0 Å². The molecule has 2 aromatic heterocycles. The molecule has 2 aromatic rings. The van der Waals surface area contributed by atoms with E-state index in [0.29, 0.717) is 6.54 Å². The van der Waals surface area contributed by atoms with E-state index in [9.17, 15) is 0 Å². The summed E-state index contributed by atoms with van der Waals surface area (Å²) in [5.41, 5.74) is 10.9. The second kappa shape index (κ2) is 24.6. The van der Waals surface area contributed by atoms with Gasteiger partial charge in [-0.25, -0.2) is 4.57 Å². The van der Waals surface area contributed by atoms with Gasteiger partial charge in [-0.1, -0.05) is 62.5 Å². The van der Waals surface area contributed by atoms with Gasteiger partial charge in [0.15, 0.2) is 12.4 Å². The minimum absolute atomic E-state index is 0.650. The number of hydrogen-bond donors (Lipinski definition) is 0. The zero-order valence-corrected chi connectivity index (χ0v) is 24.2. The first-order valence-electron chi connectivity index (χ1n) is 15.4. The molecule has 0 N–H and O–H groups in total. The molecule has 0 bridgehead atoms. The summed E-state index contributed by atoms with van der Waals surface area (Å²) in [7, 11) is 0. The minimum Gasteiger partial charge on any atom is -0.381 e. The summed E-state index contributed by atoms with van der Waals surface area (Å²) >= 11 is 0. The molecule has 7 nitrogen and oxygen atoms in total. The van der Waals surface area contributed by atoms with Crippen LogP contribution >= 0.6 is 0 Å². The third-order valence-corrected chi connectivity index (χ3v) is 6.97. The molecule has 0 radical (unpaired) electrons. The van der Waals surface area contributed by atoms with E-state index in [1.165, 1.54) is 68.9 Å². The normalized spacial score (nSPS) is 11.0. The maximum Gasteiger partial charge on any atom is 0.171 e. The van der Waals surface area contributed by atoms with Crippen LogP contribution < -0.4 is 4.57 Å². The number of aryl methyl sites for hydroxylation is 3. The largest absolute Gasteiger partial charge is 0.381 e. The molecule has 7 heteroatoms. The van der Waals surface area contributed by atoms with Crippen LogP contribution in [-0.2, 0) is 28.9 Å². The van der Waals surface area contributed by atoms with Crippen molar-refractivity contribution in [1.29, 1.82) is 0 Å². The molecule has 39 heavy (non-hydrogen) atoms. The zero-order chi connectivity index (χ0) is 27.5. The topological polar surface area (TPSA) is 84.0 Å². The van der Waals surface area contributed by atoms with Crippen molar-refractivity contribution in [3.63, 3.8) is 0 Å². The Bertz CT molecular complexity index is 874. The van der Waals surface area contributed by atoms with Crippen molar-refractivity contribution in [2.45, 2.75) is 109 Å². The van der Waals surface area contributed by atoms with Gasteiger partial charge in [-0.05, 0) is 68.2 Å². The monoisotopic (exact) mass is 538 g/mol. The number of ether oxygens (including phenoxy) is 2. The number of nitrogens with zero attached hydrogens (tertiary/aromatic N) is 5. The lowest BCUT2D eigenvalue weighted by Gasteiger charge is -2.06. The maximum absolute atomic E-state index is 8.25. The van der Waals surface area contributed by atoms with Crippen LogP contribution in [0.1, 0.15) is 101 Å². The van der Waals surface area contributed by atoms with E-state index in [1.54, 1.807) is 0 Å². The fourth-order valence-corrected chi connectivity index (χ4v) is 4.71. The van der Waals surface area contributed by atoms with E-state index in [4.69, 9.17) is 15.0 Å². The van der Waals surface area contributed by atoms with Crippen LogP contribution in [-0.4, -0.2) is 38.0 Å². The average molecular weight is 539 g/mol. The lowest BCUT2D eigenvalue weighted by atomic mass is 10.1. The molecule has 0 unspecified atom stereocenters. The van der Waals surface area contributed by atoms with E-state index < -0.39 is 0 Å². The Hall–Kier alpha value is -2.47. The van der Waals surface area contributed by atoms with E-state index >= 15 is 0 Å². The van der Waals surface area contributed by atoms with Gasteiger partial charge in [0.05, 0.1) is 0 Å². The van der Waals surface area contributed by atoms with Crippen molar-refractivity contribution in [2.75, 3.05) is 33.0 Å². The van der Waals surface area contributed by atoms with Crippen molar-refractivity contribution in [2.24, 2.45) is 5.11 Å². The number of azide groups is 1. The fraction of sp³-hybridized carbons (Fsp3) is 0.688. The van der Waals surface area contributed by atoms with E-state index in [0.717, 1.165) is 77.9 Å². The molecule has 0 saturated heterocycles. The molecule has 0 spiro atoms. The third-order valence-electron chi connectivity index (χ3n) is 6.97. The van der Waals surface area contributed by atoms with Crippen LogP contribution in [0.25, 0.3) is 10.4 Å². The number of unbranched alkanes of at least 4 members (excludes halogenated alkanes) is 10. The molecule has 0 aromatic carbocycles. The number of aromatic nitrogens is 2. The predicted molar refractivity (Wildman–Crippen MR) is 159 cm³/mol. The van der Waals surface area contributed by atoms with E-state index in [2.05, 4.69) is 50.2 Å². The molecule has 0 fully saturated rings. The Labute approximate surface area is 237 Å². The molecule has 0 aliphatic rings. The van der Waals surface area contributed by atoms with Crippen molar-refractivity contribution in [3.8, 4) is 0 Å². The predicted octanol–water partition coefficient (Wildman–Crippen LogP) is 7.96. The first-order chi connectivity index (χ1) is 19.4. The molecule has 2 rings (SSSR count). The maximum atomic E-state index is 8.25. The van der Waals surface area contributed by atoms with E-state index in [1.807, 2.05) is 18.5 Å². The summed E-state index contributed by atoms with van der Waals surface area (Å²) < 4.78 is 14.0. The van der Waals surface area contributed by atoms with Gasteiger partial charge < -0.3 is 9.47 Å². The van der Waals surface area contributed by atoms with Crippen molar-refractivity contribution < 1.29 is 14.0 Å². The second-order valence-corrected chi connectivity index (χ2v) is 10.4. The molecule has 0 atom stereocenters. The van der Waals surface area contributed by atoms with Crippen molar-refractivity contribution >= 4 is 0 Å². The molecule has 0 aliphatic carbocycles. The highest BCUT2D eigenvalue weighted by Crippen LogP contribution is 2.11. The van der Waals surface area contributed by atoms with Gasteiger partial charge in [0.2, 0.25) is 0 Å². The van der Waals surface area contributed by atoms with Gasteiger partial charge in [-0.15, -0.1) is 0 Å². The SMILES string of the molecule is [N-]=[N+]=NCCCCCCCCCCCCOCCCc1ccc[n+](CCCCOCCCc2cccnc2)c1. The van der Waals surface area contributed by atoms with Gasteiger partial charge in [0.25, 0.3) is 0 Å². The lowest BCUT2D eigenvalue weighted by Crippen LogP contribution is -2.33. The van der Waals surface area contributed by atoms with Gasteiger partial charge in [0, 0.05) is 68.3 Å². The lowest BCUT2D eigenvalue weighted by molar-refractivity contribution is -0.697. The van der Waals surface area contributed by atoms with Crippen LogP contribution in [0.4, 0.5) is 0 Å². The standard InChI is InChI=1S/C32H52N5O2/c33-36-35-22-9-7-5-3-1-2-4-6-8-11-25-38-28-16-20-32-18-14-24-37(30-32)23-10-12-26-39-27-15-19-31-17-13-21-34-29-31/h13-14,17-18,21,24,29-30H,1-12,15-16,19-20,22-23,25-28H2/q+1. The van der Waals surface area contributed by atoms with Crippen molar-refractivity contribution in [1.82, 2.24) is 4.98 Å². The quantitative estimate of drug-likeness (QED) is 0.0400. The second-order valence-electron chi connectivity index (χ2n) is 10.4. The summed E-state index contributed by atoms with van der Waals surface area (Å²) in [6.45, 7) is 5.11. The Kier molecular flexibility index (Phi) is 20.6. The first kappa shape index (κ1) is 32.7. The van der Waals surface area contributed by atoms with Crippen molar-refractivity contribution in [3.05, 3.63) is 70.6 Å². The van der Waals surface area contributed by atoms with E-state index in [-0.39, 0.29) is 0 Å². The van der Waals surface area contributed by atoms with Gasteiger partial charge in [-0.2, -0.15) is 0 Å². The molecule has 2 heterocycles. The summed E-state index contributed by atoms with van der Waals surface area (Å²) in [5, 5.41) is 3.58. The molecule has 216 valence electrons. The number of hydrogen-bond acceptors (Lipinski definition) is 4. The molecular formula is C32H52N5O2+. The van der Waals surface area contributed by atoms with Crippen LogP contribution in [0.2, 0.25) is 0 Å². The number of rotatable bonds is 26. The summed E-state index contributed by atoms with van der Waals surface area (Å²) in [4.78, 5) is 6.95. The number of pyridine rings is 2. The molecule has 0 saturated carbocycles. The molecule has 0 amide bonds. The zero-order valence-electron chi connectivity index (χ0n) is 24.2. The smallest absolute Gasteiger partial charge is 0.171 e. The summed E-state index contributed by atoms with van der Waals surface area (Å²) in [6, 6.07) is 8.51. The molecule has 0 aliphatic heterocycles. The highest BCUT2D eigenvalue weighted by Gasteiger charge is 2.04. The van der Waals surface area contributed by atoms with Gasteiger partial charge in [-0.3, -0.25) is 4.98 Å². The molecular weight excluding hydrogens is 486 g/mol. The Morgan fingerprint density at radius 1 is 0.692 bits per heavy atom. The van der Waals surface area contributed by atoms with Crippen LogP contribution in [0.3, 0.4) is 0 Å². The van der Waals surface area contributed by atoms with Crippen LogP contribution in [0, 0.1) is 0 Å². The summed E-state index contributed by atoms with van der Waals surface area (Å²) in [6.07, 6.45) is 27.3. The van der Waals surface area contributed by atoms with Crippen LogP contribution in [0.15, 0.2) is 54.2 Å². The Morgan fingerprint density at radius 3 is 1.95 bits per heavy atom. The van der Waals surface area contributed by atoms with Gasteiger partial charge in [0.1, 0.15) is 6.54 Å². The average Bonchev–Trinajstić information content (AvgIpc) is 2.97. The first-order valence-corrected chi connectivity index (χ1v) is 15.4. The fourth-order valence-electron chi connectivity index (χ4n) is 4.71. The third kappa shape index (κ3) is 19.3. The highest BCUT2D eigenvalue weighted by molar-refractivity contribution is 5.08.